The number of hydrogen-bond donors (Lipinski definition) is 2. The molecule has 1 aromatic heterocycles. The molecule has 6 heteroatoms. The zero-order valence-corrected chi connectivity index (χ0v) is 12.3. The Labute approximate surface area is 119 Å². The first-order valence-electron chi connectivity index (χ1n) is 5.33. The second kappa shape index (κ2) is 5.54. The van der Waals surface area contributed by atoms with Crippen LogP contribution in [-0.2, 0) is 0 Å². The molecule has 0 radical (unpaired) electrons. The van der Waals surface area contributed by atoms with Crippen molar-refractivity contribution < 1.29 is 0 Å². The molecule has 0 atom stereocenters. The summed E-state index contributed by atoms with van der Waals surface area (Å²) >= 11 is 9.39. The van der Waals surface area contributed by atoms with Crippen LogP contribution in [0.2, 0.25) is 5.02 Å². The molecule has 94 valence electrons. The van der Waals surface area contributed by atoms with Crippen molar-refractivity contribution in [2.75, 3.05) is 17.7 Å². The van der Waals surface area contributed by atoms with E-state index in [1.807, 2.05) is 32.2 Å². The standard InChI is InChI=1S/C12H12BrClN4/c1-7-5-8(14)3-4-9(7)18-12-10(13)11(15-2)16-6-17-12/h3-6H,1-2H3,(H2,15,16,17,18). The predicted octanol–water partition coefficient (Wildman–Crippen LogP) is 3.99. The first-order valence-corrected chi connectivity index (χ1v) is 6.50. The van der Waals surface area contributed by atoms with Crippen molar-refractivity contribution in [1.82, 2.24) is 9.97 Å². The van der Waals surface area contributed by atoms with E-state index in [0.717, 1.165) is 26.6 Å². The molecule has 0 fully saturated rings. The topological polar surface area (TPSA) is 49.8 Å². The van der Waals surface area contributed by atoms with Crippen LogP contribution in [0.4, 0.5) is 17.3 Å². The van der Waals surface area contributed by atoms with E-state index in [1.165, 1.54) is 6.33 Å². The van der Waals surface area contributed by atoms with Gasteiger partial charge < -0.3 is 10.6 Å². The lowest BCUT2D eigenvalue weighted by Crippen LogP contribution is -2.01. The lowest BCUT2D eigenvalue weighted by molar-refractivity contribution is 1.14. The van der Waals surface area contributed by atoms with E-state index in [4.69, 9.17) is 11.6 Å². The van der Waals surface area contributed by atoms with E-state index in [-0.39, 0.29) is 0 Å². The van der Waals surface area contributed by atoms with Crippen LogP contribution in [0.1, 0.15) is 5.56 Å². The molecule has 18 heavy (non-hydrogen) atoms. The number of nitrogens with one attached hydrogen (secondary N) is 2. The molecule has 1 aromatic carbocycles. The Kier molecular flexibility index (Phi) is 4.04. The highest BCUT2D eigenvalue weighted by atomic mass is 79.9. The number of rotatable bonds is 3. The van der Waals surface area contributed by atoms with Gasteiger partial charge in [0.05, 0.1) is 0 Å². The molecule has 1 heterocycles. The van der Waals surface area contributed by atoms with Gasteiger partial charge in [0.2, 0.25) is 0 Å². The minimum Gasteiger partial charge on any atom is -0.372 e. The molecule has 2 N–H and O–H groups in total. The summed E-state index contributed by atoms with van der Waals surface area (Å²) in [5.41, 5.74) is 2.01. The van der Waals surface area contributed by atoms with Crippen molar-refractivity contribution in [2.24, 2.45) is 0 Å². The normalized spacial score (nSPS) is 10.2. The highest BCUT2D eigenvalue weighted by molar-refractivity contribution is 9.10. The van der Waals surface area contributed by atoms with Gasteiger partial charge in [-0.05, 0) is 46.6 Å². The fraction of sp³-hybridized carbons (Fsp3) is 0.167. The van der Waals surface area contributed by atoms with Crippen LogP contribution in [0, 0.1) is 6.92 Å². The van der Waals surface area contributed by atoms with Gasteiger partial charge in [-0.2, -0.15) is 0 Å². The molecule has 0 aliphatic heterocycles. The zero-order chi connectivity index (χ0) is 13.1. The van der Waals surface area contributed by atoms with E-state index >= 15 is 0 Å². The molecule has 0 aliphatic carbocycles. The van der Waals surface area contributed by atoms with Crippen molar-refractivity contribution in [2.45, 2.75) is 6.92 Å². The summed E-state index contributed by atoms with van der Waals surface area (Å²) in [6, 6.07) is 5.66. The van der Waals surface area contributed by atoms with E-state index in [2.05, 4.69) is 36.5 Å². The number of nitrogens with zero attached hydrogens (tertiary/aromatic N) is 2. The van der Waals surface area contributed by atoms with Gasteiger partial charge >= 0.3 is 0 Å². The van der Waals surface area contributed by atoms with Gasteiger partial charge in [-0.3, -0.25) is 0 Å². The van der Waals surface area contributed by atoms with Crippen molar-refractivity contribution in [3.05, 3.63) is 39.6 Å². The Hall–Kier alpha value is -1.33. The maximum Gasteiger partial charge on any atom is 0.150 e. The van der Waals surface area contributed by atoms with E-state index in [9.17, 15) is 0 Å². The van der Waals surface area contributed by atoms with E-state index in [0.29, 0.717) is 5.82 Å². The summed E-state index contributed by atoms with van der Waals surface area (Å²) in [5, 5.41) is 6.95. The first kappa shape index (κ1) is 13.1. The van der Waals surface area contributed by atoms with Gasteiger partial charge in [0.15, 0.2) is 0 Å². The monoisotopic (exact) mass is 326 g/mol. The largest absolute Gasteiger partial charge is 0.372 e. The molecule has 0 spiro atoms. The summed E-state index contributed by atoms with van der Waals surface area (Å²) < 4.78 is 0.793. The minimum absolute atomic E-state index is 0.708. The molecule has 2 rings (SSSR count). The predicted molar refractivity (Wildman–Crippen MR) is 78.8 cm³/mol. The van der Waals surface area contributed by atoms with Crippen LogP contribution in [0.25, 0.3) is 0 Å². The summed E-state index contributed by atoms with van der Waals surface area (Å²) in [4.78, 5) is 8.31. The number of halogens is 2. The maximum atomic E-state index is 5.93. The van der Waals surface area contributed by atoms with Crippen molar-refractivity contribution in [3.8, 4) is 0 Å². The van der Waals surface area contributed by atoms with Crippen molar-refractivity contribution in [3.63, 3.8) is 0 Å². The summed E-state index contributed by atoms with van der Waals surface area (Å²) in [6.45, 7) is 1.99. The second-order valence-electron chi connectivity index (χ2n) is 3.72. The van der Waals surface area contributed by atoms with Gasteiger partial charge in [0, 0.05) is 17.8 Å². The average molecular weight is 328 g/mol. The number of benzene rings is 1. The number of anilines is 3. The number of aromatic nitrogens is 2. The Morgan fingerprint density at radius 2 is 1.94 bits per heavy atom. The molecule has 0 aliphatic rings. The third kappa shape index (κ3) is 2.73. The van der Waals surface area contributed by atoms with E-state index < -0.39 is 0 Å². The number of aryl methyl sites for hydroxylation is 1. The first-order chi connectivity index (χ1) is 8.61. The molecule has 0 unspecified atom stereocenters. The van der Waals surface area contributed by atoms with Gasteiger partial charge in [-0.1, -0.05) is 11.6 Å². The van der Waals surface area contributed by atoms with Gasteiger partial charge in [-0.15, -0.1) is 0 Å². The Bertz CT molecular complexity index is 574. The smallest absolute Gasteiger partial charge is 0.150 e. The third-order valence-corrected chi connectivity index (χ3v) is 3.45. The molecule has 0 bridgehead atoms. The quantitative estimate of drug-likeness (QED) is 0.895. The van der Waals surface area contributed by atoms with Crippen molar-refractivity contribution in [1.29, 1.82) is 0 Å². The SMILES string of the molecule is CNc1ncnc(Nc2ccc(Cl)cc2C)c1Br. The van der Waals surface area contributed by atoms with Crippen LogP contribution in [0.5, 0.6) is 0 Å². The highest BCUT2D eigenvalue weighted by Gasteiger charge is 2.08. The summed E-state index contributed by atoms with van der Waals surface area (Å²) in [7, 11) is 1.81. The van der Waals surface area contributed by atoms with Crippen LogP contribution in [0.3, 0.4) is 0 Å². The van der Waals surface area contributed by atoms with Gasteiger partial charge in [0.1, 0.15) is 22.4 Å². The Balaban J connectivity index is 2.34. The fourth-order valence-corrected chi connectivity index (χ4v) is 2.25. The third-order valence-electron chi connectivity index (χ3n) is 2.47. The molecule has 4 nitrogen and oxygen atoms in total. The molecule has 0 saturated heterocycles. The van der Waals surface area contributed by atoms with E-state index in [1.54, 1.807) is 0 Å². The summed E-state index contributed by atoms with van der Waals surface area (Å²) in [5.74, 6) is 1.44. The minimum atomic E-state index is 0.708. The van der Waals surface area contributed by atoms with Gasteiger partial charge in [-0.25, -0.2) is 9.97 Å². The Morgan fingerprint density at radius 1 is 1.22 bits per heavy atom. The lowest BCUT2D eigenvalue weighted by atomic mass is 10.2. The fourth-order valence-electron chi connectivity index (χ4n) is 1.53. The maximum absolute atomic E-state index is 5.93. The van der Waals surface area contributed by atoms with Crippen LogP contribution < -0.4 is 10.6 Å². The average Bonchev–Trinajstić information content (AvgIpc) is 2.35. The molecule has 0 amide bonds. The Morgan fingerprint density at radius 3 is 2.61 bits per heavy atom. The molecular weight excluding hydrogens is 316 g/mol. The number of hydrogen-bond acceptors (Lipinski definition) is 4. The lowest BCUT2D eigenvalue weighted by Gasteiger charge is -2.12. The van der Waals surface area contributed by atoms with Crippen LogP contribution in [-0.4, -0.2) is 17.0 Å². The van der Waals surface area contributed by atoms with Crippen molar-refractivity contribution >= 4 is 44.9 Å². The molecule has 2 aromatic rings. The summed E-state index contributed by atoms with van der Waals surface area (Å²) in [6.07, 6.45) is 1.50. The zero-order valence-electron chi connectivity index (χ0n) is 9.96. The second-order valence-corrected chi connectivity index (χ2v) is 4.95. The van der Waals surface area contributed by atoms with Crippen LogP contribution >= 0.6 is 27.5 Å². The molecular formula is C12H12BrClN4. The van der Waals surface area contributed by atoms with Gasteiger partial charge in [0.25, 0.3) is 0 Å². The molecule has 0 saturated carbocycles. The highest BCUT2D eigenvalue weighted by Crippen LogP contribution is 2.30. The van der Waals surface area contributed by atoms with Crippen LogP contribution in [0.15, 0.2) is 29.0 Å².